The van der Waals surface area contributed by atoms with Gasteiger partial charge in [-0.25, -0.2) is 0 Å². The number of nitrogens with zero attached hydrogens (tertiary/aromatic N) is 1. The molecular weight excluding hydrogens is 270 g/mol. The molecule has 1 saturated heterocycles. The summed E-state index contributed by atoms with van der Waals surface area (Å²) in [6.07, 6.45) is 1.82. The molecule has 0 N–H and O–H groups in total. The van der Waals surface area contributed by atoms with Crippen molar-refractivity contribution in [3.05, 3.63) is 71.3 Å². The first kappa shape index (κ1) is 14.8. The minimum Gasteiger partial charge on any atom is -0.336 e. The van der Waals surface area contributed by atoms with E-state index in [0.717, 1.165) is 19.4 Å². The Kier molecular flexibility index (Phi) is 4.28. The molecule has 0 aromatic heterocycles. The summed E-state index contributed by atoms with van der Waals surface area (Å²) in [4.78, 5) is 14.8. The number of amides is 1. The Bertz CT molecular complexity index is 633. The van der Waals surface area contributed by atoms with Gasteiger partial charge in [0.2, 0.25) is 5.91 Å². The maximum Gasteiger partial charge on any atom is 0.226 e. The summed E-state index contributed by atoms with van der Waals surface area (Å²) in [5.41, 5.74) is 3.74. The molecule has 1 fully saturated rings. The highest BCUT2D eigenvalue weighted by atomic mass is 16.2. The van der Waals surface area contributed by atoms with Gasteiger partial charge in [0.25, 0.3) is 0 Å². The lowest BCUT2D eigenvalue weighted by Crippen LogP contribution is -2.30. The summed E-state index contributed by atoms with van der Waals surface area (Å²) in [7, 11) is 0. The lowest BCUT2D eigenvalue weighted by Gasteiger charge is -2.25. The van der Waals surface area contributed by atoms with Crippen LogP contribution >= 0.6 is 0 Å². The number of carbonyl (C=O) groups excluding carboxylic acids is 1. The first-order chi connectivity index (χ1) is 10.6. The van der Waals surface area contributed by atoms with Gasteiger partial charge in [-0.15, -0.1) is 0 Å². The second-order valence-corrected chi connectivity index (χ2v) is 6.29. The Morgan fingerprint density at radius 3 is 2.45 bits per heavy atom. The molecule has 0 radical (unpaired) electrons. The molecule has 2 aromatic carbocycles. The van der Waals surface area contributed by atoms with Gasteiger partial charge in [-0.2, -0.15) is 0 Å². The number of hydrogen-bond donors (Lipinski definition) is 0. The molecule has 2 atom stereocenters. The number of rotatable bonds is 4. The zero-order chi connectivity index (χ0) is 15.5. The zero-order valence-electron chi connectivity index (χ0n) is 13.3. The van der Waals surface area contributed by atoms with Gasteiger partial charge in [-0.05, 0) is 37.8 Å². The highest BCUT2D eigenvalue weighted by Gasteiger charge is 2.34. The molecule has 1 heterocycles. The van der Waals surface area contributed by atoms with Crippen LogP contribution in [-0.4, -0.2) is 17.4 Å². The predicted molar refractivity (Wildman–Crippen MR) is 89.6 cm³/mol. The minimum atomic E-state index is 0.133. The molecule has 0 bridgehead atoms. The fourth-order valence-electron chi connectivity index (χ4n) is 3.26. The molecule has 0 saturated carbocycles. The Hall–Kier alpha value is -2.09. The van der Waals surface area contributed by atoms with E-state index in [4.69, 9.17) is 0 Å². The van der Waals surface area contributed by atoms with Crippen LogP contribution in [0.3, 0.4) is 0 Å². The highest BCUT2D eigenvalue weighted by Crippen LogP contribution is 2.30. The number of benzene rings is 2. The van der Waals surface area contributed by atoms with Gasteiger partial charge in [-0.3, -0.25) is 4.79 Å². The quantitative estimate of drug-likeness (QED) is 0.829. The van der Waals surface area contributed by atoms with Crippen LogP contribution in [0.5, 0.6) is 0 Å². The Labute approximate surface area is 132 Å². The van der Waals surface area contributed by atoms with Crippen molar-refractivity contribution in [3.8, 4) is 0 Å². The predicted octanol–water partition coefficient (Wildman–Crippen LogP) is 4.15. The van der Waals surface area contributed by atoms with Crippen molar-refractivity contribution in [3.63, 3.8) is 0 Å². The minimum absolute atomic E-state index is 0.133. The van der Waals surface area contributed by atoms with E-state index in [0.29, 0.717) is 5.91 Å². The molecule has 0 unspecified atom stereocenters. The van der Waals surface area contributed by atoms with Crippen LogP contribution < -0.4 is 0 Å². The second-order valence-electron chi connectivity index (χ2n) is 6.29. The molecular formula is C20H23NO. The average molecular weight is 293 g/mol. The standard InChI is InChI=1S/C20H23NO/c1-15-8-10-17(11-9-15)14-19-12-13-21(20(19)22)16(2)18-6-4-3-5-7-18/h3-11,16,19H,12-14H2,1-2H3/t16-,19-/m1/s1. The molecule has 22 heavy (non-hydrogen) atoms. The van der Waals surface area contributed by atoms with Crippen molar-refractivity contribution in [2.75, 3.05) is 6.54 Å². The van der Waals surface area contributed by atoms with E-state index in [9.17, 15) is 4.79 Å². The lowest BCUT2D eigenvalue weighted by atomic mass is 9.97. The lowest BCUT2D eigenvalue weighted by molar-refractivity contribution is -0.132. The zero-order valence-corrected chi connectivity index (χ0v) is 13.3. The van der Waals surface area contributed by atoms with Gasteiger partial charge < -0.3 is 4.90 Å². The molecule has 2 heteroatoms. The van der Waals surface area contributed by atoms with Crippen molar-refractivity contribution < 1.29 is 4.79 Å². The summed E-state index contributed by atoms with van der Waals surface area (Å²) in [6.45, 7) is 5.08. The summed E-state index contributed by atoms with van der Waals surface area (Å²) in [5.74, 6) is 0.436. The molecule has 2 nitrogen and oxygen atoms in total. The Morgan fingerprint density at radius 1 is 1.09 bits per heavy atom. The van der Waals surface area contributed by atoms with Gasteiger partial charge in [-0.1, -0.05) is 60.2 Å². The molecule has 3 rings (SSSR count). The van der Waals surface area contributed by atoms with E-state index in [-0.39, 0.29) is 12.0 Å². The first-order valence-electron chi connectivity index (χ1n) is 8.06. The monoisotopic (exact) mass is 293 g/mol. The van der Waals surface area contributed by atoms with Gasteiger partial charge in [0.05, 0.1) is 6.04 Å². The van der Waals surface area contributed by atoms with E-state index in [1.54, 1.807) is 0 Å². The van der Waals surface area contributed by atoms with Crippen LogP contribution in [0, 0.1) is 12.8 Å². The normalized spacial score (nSPS) is 19.5. The van der Waals surface area contributed by atoms with Crippen LogP contribution in [0.1, 0.15) is 36.1 Å². The van der Waals surface area contributed by atoms with Gasteiger partial charge in [0.1, 0.15) is 0 Å². The molecule has 2 aromatic rings. The van der Waals surface area contributed by atoms with Crippen molar-refractivity contribution >= 4 is 5.91 Å². The topological polar surface area (TPSA) is 20.3 Å². The summed E-state index contributed by atoms with van der Waals surface area (Å²) in [6, 6.07) is 19.0. The second kappa shape index (κ2) is 6.35. The van der Waals surface area contributed by atoms with Crippen LogP contribution in [0.4, 0.5) is 0 Å². The SMILES string of the molecule is Cc1ccc(C[C@H]2CCN([C@H](C)c3ccccc3)C2=O)cc1. The van der Waals surface area contributed by atoms with Gasteiger partial charge in [0.15, 0.2) is 0 Å². The fourth-order valence-corrected chi connectivity index (χ4v) is 3.26. The summed E-state index contributed by atoms with van der Waals surface area (Å²) in [5, 5.41) is 0. The molecule has 1 aliphatic heterocycles. The van der Waals surface area contributed by atoms with E-state index < -0.39 is 0 Å². The van der Waals surface area contributed by atoms with Crippen molar-refractivity contribution in [2.45, 2.75) is 32.7 Å². The third-order valence-corrected chi connectivity index (χ3v) is 4.70. The Balaban J connectivity index is 1.68. The third kappa shape index (κ3) is 3.06. The van der Waals surface area contributed by atoms with E-state index in [1.807, 2.05) is 23.1 Å². The molecule has 0 spiro atoms. The first-order valence-corrected chi connectivity index (χ1v) is 8.06. The van der Waals surface area contributed by atoms with Crippen LogP contribution in [-0.2, 0) is 11.2 Å². The van der Waals surface area contributed by atoms with Crippen LogP contribution in [0.25, 0.3) is 0 Å². The van der Waals surface area contributed by atoms with Crippen LogP contribution in [0.15, 0.2) is 54.6 Å². The molecule has 114 valence electrons. The smallest absolute Gasteiger partial charge is 0.226 e. The van der Waals surface area contributed by atoms with Crippen LogP contribution in [0.2, 0.25) is 0 Å². The number of hydrogen-bond acceptors (Lipinski definition) is 1. The van der Waals surface area contributed by atoms with Crippen molar-refractivity contribution in [1.29, 1.82) is 0 Å². The summed E-state index contributed by atoms with van der Waals surface area (Å²) >= 11 is 0. The number of likely N-dealkylation sites (tertiary alicyclic amines) is 1. The van der Waals surface area contributed by atoms with E-state index in [1.165, 1.54) is 16.7 Å². The maximum absolute atomic E-state index is 12.7. The molecule has 1 aliphatic rings. The number of carbonyl (C=O) groups is 1. The van der Waals surface area contributed by atoms with E-state index in [2.05, 4.69) is 50.2 Å². The fraction of sp³-hybridized carbons (Fsp3) is 0.350. The third-order valence-electron chi connectivity index (χ3n) is 4.70. The maximum atomic E-state index is 12.7. The van der Waals surface area contributed by atoms with Gasteiger partial charge >= 0.3 is 0 Å². The Morgan fingerprint density at radius 2 is 1.77 bits per heavy atom. The van der Waals surface area contributed by atoms with Crippen molar-refractivity contribution in [1.82, 2.24) is 4.90 Å². The van der Waals surface area contributed by atoms with E-state index >= 15 is 0 Å². The van der Waals surface area contributed by atoms with Crippen molar-refractivity contribution in [2.24, 2.45) is 5.92 Å². The number of aryl methyl sites for hydroxylation is 1. The molecule has 1 amide bonds. The average Bonchev–Trinajstić information content (AvgIpc) is 2.91. The summed E-state index contributed by atoms with van der Waals surface area (Å²) < 4.78 is 0. The van der Waals surface area contributed by atoms with Gasteiger partial charge in [0, 0.05) is 12.5 Å². The molecule has 0 aliphatic carbocycles. The largest absolute Gasteiger partial charge is 0.336 e. The highest BCUT2D eigenvalue weighted by molar-refractivity contribution is 5.81.